The molecule has 1 N–H and O–H groups in total. The zero-order valence-corrected chi connectivity index (χ0v) is 12.3. The van der Waals surface area contributed by atoms with Crippen molar-refractivity contribution in [3.05, 3.63) is 77.8 Å². The summed E-state index contributed by atoms with van der Waals surface area (Å²) < 4.78 is 0. The molecule has 0 saturated carbocycles. The van der Waals surface area contributed by atoms with Gasteiger partial charge in [-0.1, -0.05) is 48.0 Å². The molecule has 0 aliphatic rings. The van der Waals surface area contributed by atoms with Crippen LogP contribution in [-0.4, -0.2) is 6.04 Å². The Labute approximate surface area is 126 Å². The summed E-state index contributed by atoms with van der Waals surface area (Å²) in [7, 11) is 0. The van der Waals surface area contributed by atoms with Crippen LogP contribution in [-0.2, 0) is 6.42 Å². The predicted octanol–water partition coefficient (Wildman–Crippen LogP) is 5.33. The van der Waals surface area contributed by atoms with Gasteiger partial charge < -0.3 is 5.32 Å². The van der Waals surface area contributed by atoms with Crippen LogP contribution >= 0.6 is 11.6 Å². The van der Waals surface area contributed by atoms with Gasteiger partial charge in [-0.25, -0.2) is 0 Å². The van der Waals surface area contributed by atoms with Gasteiger partial charge in [0.15, 0.2) is 0 Å². The highest BCUT2D eigenvalue weighted by Crippen LogP contribution is 2.17. The van der Waals surface area contributed by atoms with Crippen LogP contribution in [0.1, 0.15) is 18.4 Å². The van der Waals surface area contributed by atoms with Crippen LogP contribution in [0.4, 0.5) is 5.69 Å². The van der Waals surface area contributed by atoms with Gasteiger partial charge in [-0.3, -0.25) is 0 Å². The lowest BCUT2D eigenvalue weighted by atomic mass is 10.0. The third-order valence-electron chi connectivity index (χ3n) is 3.29. The van der Waals surface area contributed by atoms with E-state index >= 15 is 0 Å². The molecular weight excluding hydrogens is 266 g/mol. The molecule has 2 aromatic carbocycles. The molecule has 0 aliphatic heterocycles. The lowest BCUT2D eigenvalue weighted by Crippen LogP contribution is -2.19. The van der Waals surface area contributed by atoms with Crippen molar-refractivity contribution in [2.24, 2.45) is 0 Å². The maximum atomic E-state index is 5.91. The normalized spacial score (nSPS) is 11.8. The van der Waals surface area contributed by atoms with Crippen LogP contribution in [0.25, 0.3) is 0 Å². The summed E-state index contributed by atoms with van der Waals surface area (Å²) in [5.74, 6) is 0. The molecule has 104 valence electrons. The molecule has 0 heterocycles. The third-order valence-corrected chi connectivity index (χ3v) is 3.54. The van der Waals surface area contributed by atoms with Crippen molar-refractivity contribution in [2.75, 3.05) is 5.32 Å². The minimum Gasteiger partial charge on any atom is -0.382 e. The predicted molar refractivity (Wildman–Crippen MR) is 88.4 cm³/mol. The summed E-state index contributed by atoms with van der Waals surface area (Å²) in [4.78, 5) is 0. The first kappa shape index (κ1) is 14.7. The highest BCUT2D eigenvalue weighted by molar-refractivity contribution is 6.30. The lowest BCUT2D eigenvalue weighted by molar-refractivity contribution is 0.661. The Morgan fingerprint density at radius 1 is 1.05 bits per heavy atom. The van der Waals surface area contributed by atoms with E-state index in [1.54, 1.807) is 0 Å². The van der Waals surface area contributed by atoms with Gasteiger partial charge in [-0.05, 0) is 49.1 Å². The fraction of sp³-hybridized carbons (Fsp3) is 0.222. The average Bonchev–Trinajstić information content (AvgIpc) is 2.48. The van der Waals surface area contributed by atoms with Gasteiger partial charge in [0.1, 0.15) is 0 Å². The van der Waals surface area contributed by atoms with Crippen LogP contribution < -0.4 is 5.32 Å². The van der Waals surface area contributed by atoms with Crippen LogP contribution in [0.2, 0.25) is 5.02 Å². The van der Waals surface area contributed by atoms with E-state index in [0.717, 1.165) is 30.0 Å². The number of nitrogens with one attached hydrogen (secondary N) is 1. The zero-order chi connectivity index (χ0) is 14.2. The van der Waals surface area contributed by atoms with E-state index in [9.17, 15) is 0 Å². The summed E-state index contributed by atoms with van der Waals surface area (Å²) in [6.45, 7) is 3.85. The Morgan fingerprint density at radius 3 is 2.40 bits per heavy atom. The molecule has 1 unspecified atom stereocenters. The molecule has 0 saturated heterocycles. The van der Waals surface area contributed by atoms with Crippen LogP contribution in [0.5, 0.6) is 0 Å². The molecule has 0 aliphatic carbocycles. The largest absolute Gasteiger partial charge is 0.382 e. The minimum absolute atomic E-state index is 0.397. The van der Waals surface area contributed by atoms with Crippen molar-refractivity contribution >= 4 is 17.3 Å². The fourth-order valence-electron chi connectivity index (χ4n) is 2.22. The van der Waals surface area contributed by atoms with Gasteiger partial charge >= 0.3 is 0 Å². The number of rotatable bonds is 7. The van der Waals surface area contributed by atoms with E-state index in [2.05, 4.69) is 42.2 Å². The van der Waals surface area contributed by atoms with E-state index in [1.807, 2.05) is 30.3 Å². The summed E-state index contributed by atoms with van der Waals surface area (Å²) in [6.07, 6.45) is 5.08. The highest BCUT2D eigenvalue weighted by atomic mass is 35.5. The van der Waals surface area contributed by atoms with E-state index in [-0.39, 0.29) is 0 Å². The summed E-state index contributed by atoms with van der Waals surface area (Å²) in [6, 6.07) is 18.8. The molecule has 20 heavy (non-hydrogen) atoms. The molecule has 2 heteroatoms. The summed E-state index contributed by atoms with van der Waals surface area (Å²) >= 11 is 5.91. The molecule has 0 aromatic heterocycles. The monoisotopic (exact) mass is 285 g/mol. The van der Waals surface area contributed by atoms with Crippen molar-refractivity contribution < 1.29 is 0 Å². The number of hydrogen-bond donors (Lipinski definition) is 1. The number of anilines is 1. The molecule has 0 spiro atoms. The quantitative estimate of drug-likeness (QED) is 0.678. The number of hydrogen-bond acceptors (Lipinski definition) is 1. The van der Waals surface area contributed by atoms with Crippen molar-refractivity contribution in [3.63, 3.8) is 0 Å². The Kier molecular flexibility index (Phi) is 5.69. The molecule has 1 nitrogen and oxygen atoms in total. The molecule has 0 bridgehead atoms. The molecule has 1 atom stereocenters. The van der Waals surface area contributed by atoms with E-state index in [1.165, 1.54) is 5.56 Å². The number of aryl methyl sites for hydroxylation is 1. The second kappa shape index (κ2) is 7.76. The Hall–Kier alpha value is -1.73. The Balaban J connectivity index is 1.93. The molecular formula is C18H20ClN. The average molecular weight is 286 g/mol. The first-order valence-corrected chi connectivity index (χ1v) is 7.32. The standard InChI is InChI=1S/C18H20ClN/c1-2-6-17(12-9-15-7-4-3-5-8-15)20-18-13-10-16(19)11-14-18/h2-5,7-8,10-11,13-14,17,20H,1,6,9,12H2. The van der Waals surface area contributed by atoms with E-state index in [0.29, 0.717) is 6.04 Å². The SMILES string of the molecule is C=CCC(CCc1ccccc1)Nc1ccc(Cl)cc1. The first-order chi connectivity index (χ1) is 9.78. The van der Waals surface area contributed by atoms with Crippen molar-refractivity contribution in [3.8, 4) is 0 Å². The summed E-state index contributed by atoms with van der Waals surface area (Å²) in [5.41, 5.74) is 2.48. The molecule has 2 aromatic rings. The van der Waals surface area contributed by atoms with Crippen LogP contribution in [0.15, 0.2) is 67.3 Å². The molecule has 2 rings (SSSR count). The third kappa shape index (κ3) is 4.75. The Morgan fingerprint density at radius 2 is 1.75 bits per heavy atom. The fourth-order valence-corrected chi connectivity index (χ4v) is 2.34. The van der Waals surface area contributed by atoms with E-state index in [4.69, 9.17) is 11.6 Å². The first-order valence-electron chi connectivity index (χ1n) is 6.95. The molecule has 0 fully saturated rings. The van der Waals surface area contributed by atoms with Gasteiger partial charge in [-0.15, -0.1) is 6.58 Å². The highest BCUT2D eigenvalue weighted by Gasteiger charge is 2.07. The van der Waals surface area contributed by atoms with Crippen LogP contribution in [0.3, 0.4) is 0 Å². The van der Waals surface area contributed by atoms with Crippen LogP contribution in [0, 0.1) is 0 Å². The second-order valence-corrected chi connectivity index (χ2v) is 5.33. The van der Waals surface area contributed by atoms with Gasteiger partial charge in [-0.2, -0.15) is 0 Å². The maximum absolute atomic E-state index is 5.91. The smallest absolute Gasteiger partial charge is 0.0407 e. The van der Waals surface area contributed by atoms with Gasteiger partial charge in [0.05, 0.1) is 0 Å². The minimum atomic E-state index is 0.397. The molecule has 0 radical (unpaired) electrons. The van der Waals surface area contributed by atoms with Gasteiger partial charge in [0.25, 0.3) is 0 Å². The maximum Gasteiger partial charge on any atom is 0.0407 e. The Bertz CT molecular complexity index is 519. The topological polar surface area (TPSA) is 12.0 Å². The lowest BCUT2D eigenvalue weighted by Gasteiger charge is -2.18. The number of benzene rings is 2. The van der Waals surface area contributed by atoms with Gasteiger partial charge in [0, 0.05) is 16.8 Å². The summed E-state index contributed by atoms with van der Waals surface area (Å²) in [5, 5.41) is 4.31. The molecule has 0 amide bonds. The zero-order valence-electron chi connectivity index (χ0n) is 11.6. The van der Waals surface area contributed by atoms with Crippen molar-refractivity contribution in [1.82, 2.24) is 0 Å². The van der Waals surface area contributed by atoms with Gasteiger partial charge in [0.2, 0.25) is 0 Å². The van der Waals surface area contributed by atoms with Crippen molar-refractivity contribution in [1.29, 1.82) is 0 Å². The number of halogens is 1. The van der Waals surface area contributed by atoms with Crippen molar-refractivity contribution in [2.45, 2.75) is 25.3 Å². The van der Waals surface area contributed by atoms with E-state index < -0.39 is 0 Å². The second-order valence-electron chi connectivity index (χ2n) is 4.90.